The van der Waals surface area contributed by atoms with Crippen LogP contribution in [0.5, 0.6) is 0 Å². The van der Waals surface area contributed by atoms with E-state index >= 15 is 0 Å². The molecule has 3 aromatic rings. The number of carbonyl (C=O) groups is 1. The van der Waals surface area contributed by atoms with E-state index in [2.05, 4.69) is 21.0 Å². The van der Waals surface area contributed by atoms with Crippen molar-refractivity contribution in [3.63, 3.8) is 0 Å². The molecule has 0 atom stereocenters. The van der Waals surface area contributed by atoms with Crippen LogP contribution in [0.25, 0.3) is 16.9 Å². The number of aromatic nitrogens is 2. The first-order valence-corrected chi connectivity index (χ1v) is 7.43. The lowest BCUT2D eigenvalue weighted by molar-refractivity contribution is 0.112. The third-order valence-electron chi connectivity index (χ3n) is 3.10. The molecule has 0 aliphatic heterocycles. The Labute approximate surface area is 135 Å². The average Bonchev–Trinajstić information content (AvgIpc) is 2.85. The van der Waals surface area contributed by atoms with Crippen molar-refractivity contribution in [1.82, 2.24) is 9.78 Å². The summed E-state index contributed by atoms with van der Waals surface area (Å²) in [5.41, 5.74) is 2.86. The van der Waals surface area contributed by atoms with E-state index in [0.29, 0.717) is 20.9 Å². The minimum Gasteiger partial charge on any atom is -0.298 e. The number of benzene rings is 2. The van der Waals surface area contributed by atoms with Gasteiger partial charge in [0, 0.05) is 10.6 Å². The summed E-state index contributed by atoms with van der Waals surface area (Å²) in [4.78, 5) is 11.4. The summed E-state index contributed by atoms with van der Waals surface area (Å²) in [7, 11) is 0. The Morgan fingerprint density at radius 2 is 1.71 bits per heavy atom. The zero-order valence-electron chi connectivity index (χ0n) is 10.8. The van der Waals surface area contributed by atoms with Crippen LogP contribution in [0.15, 0.2) is 59.2 Å². The molecule has 2 aromatic carbocycles. The number of hydrogen-bond acceptors (Lipinski definition) is 2. The zero-order valence-corrected chi connectivity index (χ0v) is 13.2. The molecule has 0 fully saturated rings. The third kappa shape index (κ3) is 2.64. The predicted molar refractivity (Wildman–Crippen MR) is 87.1 cm³/mol. The van der Waals surface area contributed by atoms with Crippen molar-refractivity contribution >= 4 is 33.8 Å². The molecule has 0 bridgehead atoms. The van der Waals surface area contributed by atoms with Crippen molar-refractivity contribution in [2.24, 2.45) is 0 Å². The van der Waals surface area contributed by atoms with E-state index in [-0.39, 0.29) is 0 Å². The second-order valence-electron chi connectivity index (χ2n) is 4.43. The average molecular weight is 362 g/mol. The highest BCUT2D eigenvalue weighted by Gasteiger charge is 2.17. The predicted octanol–water partition coefficient (Wildman–Crippen LogP) is 4.77. The standard InChI is InChI=1S/C16H10BrClN2O/c17-16-14(10-21)15(11-6-8-12(18)9-7-11)19-20(16)13-4-2-1-3-5-13/h1-10H. The van der Waals surface area contributed by atoms with Crippen LogP contribution < -0.4 is 0 Å². The molecule has 21 heavy (non-hydrogen) atoms. The van der Waals surface area contributed by atoms with Crippen LogP contribution in [-0.4, -0.2) is 16.1 Å². The summed E-state index contributed by atoms with van der Waals surface area (Å²) >= 11 is 9.35. The molecule has 0 aliphatic carbocycles. The highest BCUT2D eigenvalue weighted by atomic mass is 79.9. The number of halogens is 2. The number of nitrogens with zero attached hydrogens (tertiary/aromatic N) is 2. The monoisotopic (exact) mass is 360 g/mol. The lowest BCUT2D eigenvalue weighted by atomic mass is 10.1. The van der Waals surface area contributed by atoms with Crippen molar-refractivity contribution in [1.29, 1.82) is 0 Å². The molecule has 3 rings (SSSR count). The van der Waals surface area contributed by atoms with Crippen LogP contribution in [0.4, 0.5) is 0 Å². The van der Waals surface area contributed by atoms with Gasteiger partial charge in [0.25, 0.3) is 0 Å². The molecule has 0 unspecified atom stereocenters. The zero-order chi connectivity index (χ0) is 14.8. The molecule has 0 amide bonds. The number of aldehydes is 1. The molecule has 1 heterocycles. The fourth-order valence-corrected chi connectivity index (χ4v) is 2.77. The Morgan fingerprint density at radius 1 is 1.05 bits per heavy atom. The van der Waals surface area contributed by atoms with Gasteiger partial charge in [-0.05, 0) is 40.2 Å². The highest BCUT2D eigenvalue weighted by Crippen LogP contribution is 2.30. The fourth-order valence-electron chi connectivity index (χ4n) is 2.08. The van der Waals surface area contributed by atoms with Gasteiger partial charge in [0.05, 0.1) is 11.3 Å². The van der Waals surface area contributed by atoms with E-state index in [9.17, 15) is 4.79 Å². The van der Waals surface area contributed by atoms with E-state index in [1.54, 1.807) is 16.8 Å². The van der Waals surface area contributed by atoms with Crippen molar-refractivity contribution in [3.05, 3.63) is 69.8 Å². The van der Waals surface area contributed by atoms with Crippen molar-refractivity contribution in [3.8, 4) is 16.9 Å². The molecule has 0 saturated carbocycles. The van der Waals surface area contributed by atoms with Crippen LogP contribution >= 0.6 is 27.5 Å². The van der Waals surface area contributed by atoms with Gasteiger partial charge in [-0.1, -0.05) is 41.9 Å². The van der Waals surface area contributed by atoms with E-state index in [4.69, 9.17) is 11.6 Å². The molecular formula is C16H10BrClN2O. The normalized spacial score (nSPS) is 10.6. The lowest BCUT2D eigenvalue weighted by Gasteiger charge is -2.02. The minimum atomic E-state index is 0.515. The van der Waals surface area contributed by atoms with Gasteiger partial charge in [-0.3, -0.25) is 4.79 Å². The molecule has 0 aliphatic rings. The molecule has 0 spiro atoms. The SMILES string of the molecule is O=Cc1c(-c2ccc(Cl)cc2)nn(-c2ccccc2)c1Br. The number of para-hydroxylation sites is 1. The Bertz CT molecular complexity index is 782. The third-order valence-corrected chi connectivity index (χ3v) is 4.11. The maximum atomic E-state index is 11.4. The number of hydrogen-bond donors (Lipinski definition) is 0. The summed E-state index contributed by atoms with van der Waals surface area (Å²) in [5.74, 6) is 0. The van der Waals surface area contributed by atoms with Crippen LogP contribution in [0, 0.1) is 0 Å². The van der Waals surface area contributed by atoms with Gasteiger partial charge in [0.1, 0.15) is 10.3 Å². The first kappa shape index (κ1) is 14.0. The second-order valence-corrected chi connectivity index (χ2v) is 5.61. The van der Waals surface area contributed by atoms with E-state index in [1.165, 1.54) is 0 Å². The fraction of sp³-hybridized carbons (Fsp3) is 0. The molecule has 0 radical (unpaired) electrons. The maximum Gasteiger partial charge on any atom is 0.155 e. The maximum absolute atomic E-state index is 11.4. The van der Waals surface area contributed by atoms with Crippen LogP contribution in [0.3, 0.4) is 0 Å². The first-order chi connectivity index (χ1) is 10.2. The van der Waals surface area contributed by atoms with Gasteiger partial charge in [0.15, 0.2) is 6.29 Å². The lowest BCUT2D eigenvalue weighted by Crippen LogP contribution is -1.96. The number of rotatable bonds is 3. The Balaban J connectivity index is 2.18. The quantitative estimate of drug-likeness (QED) is 0.630. The molecular weight excluding hydrogens is 352 g/mol. The van der Waals surface area contributed by atoms with Crippen LogP contribution in [-0.2, 0) is 0 Å². The van der Waals surface area contributed by atoms with Crippen molar-refractivity contribution in [2.45, 2.75) is 0 Å². The molecule has 3 nitrogen and oxygen atoms in total. The van der Waals surface area contributed by atoms with Gasteiger partial charge >= 0.3 is 0 Å². The van der Waals surface area contributed by atoms with E-state index in [0.717, 1.165) is 17.5 Å². The first-order valence-electron chi connectivity index (χ1n) is 6.26. The highest BCUT2D eigenvalue weighted by molar-refractivity contribution is 9.10. The van der Waals surface area contributed by atoms with Crippen LogP contribution in [0.1, 0.15) is 10.4 Å². The largest absolute Gasteiger partial charge is 0.298 e. The van der Waals surface area contributed by atoms with E-state index in [1.807, 2.05) is 42.5 Å². The molecule has 0 saturated heterocycles. The van der Waals surface area contributed by atoms with Gasteiger partial charge in [-0.2, -0.15) is 5.10 Å². The smallest absolute Gasteiger partial charge is 0.155 e. The van der Waals surface area contributed by atoms with Crippen LogP contribution in [0.2, 0.25) is 5.02 Å². The summed E-state index contributed by atoms with van der Waals surface area (Å²) in [6.07, 6.45) is 0.806. The summed E-state index contributed by atoms with van der Waals surface area (Å²) < 4.78 is 2.34. The molecule has 0 N–H and O–H groups in total. The van der Waals surface area contributed by atoms with Gasteiger partial charge in [0.2, 0.25) is 0 Å². The minimum absolute atomic E-state index is 0.515. The van der Waals surface area contributed by atoms with Crippen molar-refractivity contribution in [2.75, 3.05) is 0 Å². The molecule has 104 valence electrons. The summed E-state index contributed by atoms with van der Waals surface area (Å²) in [6, 6.07) is 16.9. The van der Waals surface area contributed by atoms with E-state index < -0.39 is 0 Å². The topological polar surface area (TPSA) is 34.9 Å². The molecule has 1 aromatic heterocycles. The second kappa shape index (κ2) is 5.84. The Kier molecular flexibility index (Phi) is 3.90. The van der Waals surface area contributed by atoms with Gasteiger partial charge in [-0.15, -0.1) is 0 Å². The molecule has 5 heteroatoms. The van der Waals surface area contributed by atoms with Gasteiger partial charge in [-0.25, -0.2) is 4.68 Å². The van der Waals surface area contributed by atoms with Gasteiger partial charge < -0.3 is 0 Å². The number of carbonyl (C=O) groups excluding carboxylic acids is 1. The van der Waals surface area contributed by atoms with Crippen molar-refractivity contribution < 1.29 is 4.79 Å². The Hall–Kier alpha value is -1.91. The summed E-state index contributed by atoms with van der Waals surface area (Å²) in [6.45, 7) is 0. The Morgan fingerprint density at radius 3 is 2.33 bits per heavy atom. The summed E-state index contributed by atoms with van der Waals surface area (Å²) in [5, 5.41) is 5.19.